The summed E-state index contributed by atoms with van der Waals surface area (Å²) in [5, 5.41) is 2.87. The fourth-order valence-corrected chi connectivity index (χ4v) is 3.03. The van der Waals surface area contributed by atoms with Gasteiger partial charge >= 0.3 is 0 Å². The smallest absolute Gasteiger partial charge is 0.271 e. The summed E-state index contributed by atoms with van der Waals surface area (Å²) in [5.74, 6) is 2.02. The van der Waals surface area contributed by atoms with Gasteiger partial charge in [0.15, 0.2) is 0 Å². The van der Waals surface area contributed by atoms with Crippen molar-refractivity contribution in [1.82, 2.24) is 24.8 Å². The van der Waals surface area contributed by atoms with Crippen LogP contribution < -0.4 is 15.0 Å². The number of morpholine rings is 1. The molecule has 0 unspecified atom stereocenters. The van der Waals surface area contributed by atoms with Crippen LogP contribution in [0, 0.1) is 0 Å². The normalized spacial score (nSPS) is 13.9. The van der Waals surface area contributed by atoms with E-state index in [1.807, 2.05) is 30.3 Å². The Kier molecular flexibility index (Phi) is 5.66. The number of anilines is 1. The first kappa shape index (κ1) is 18.9. The summed E-state index contributed by atoms with van der Waals surface area (Å²) < 4.78 is 12.2. The van der Waals surface area contributed by atoms with E-state index in [4.69, 9.17) is 9.47 Å². The van der Waals surface area contributed by atoms with Gasteiger partial charge in [-0.3, -0.25) is 9.36 Å². The molecule has 9 nitrogen and oxygen atoms in total. The van der Waals surface area contributed by atoms with Crippen LogP contribution in [0.1, 0.15) is 16.1 Å². The lowest BCUT2D eigenvalue weighted by molar-refractivity contribution is 0.0946. The van der Waals surface area contributed by atoms with Crippen LogP contribution in [-0.4, -0.2) is 58.8 Å². The third kappa shape index (κ3) is 4.52. The zero-order chi connectivity index (χ0) is 20.1. The summed E-state index contributed by atoms with van der Waals surface area (Å²) in [7, 11) is 1.62. The van der Waals surface area contributed by atoms with E-state index in [9.17, 15) is 4.79 Å². The molecule has 0 radical (unpaired) electrons. The third-order valence-electron chi connectivity index (χ3n) is 4.67. The second kappa shape index (κ2) is 8.70. The average molecular weight is 394 g/mol. The molecule has 2 aromatic heterocycles. The minimum absolute atomic E-state index is 0.248. The Bertz CT molecular complexity index is 966. The van der Waals surface area contributed by atoms with Crippen LogP contribution >= 0.6 is 0 Å². The van der Waals surface area contributed by atoms with Gasteiger partial charge in [-0.15, -0.1) is 0 Å². The minimum Gasteiger partial charge on any atom is -0.497 e. The quantitative estimate of drug-likeness (QED) is 0.676. The molecular formula is C20H22N6O3. The van der Waals surface area contributed by atoms with Gasteiger partial charge in [0.25, 0.3) is 5.91 Å². The maximum atomic E-state index is 12.4. The van der Waals surface area contributed by atoms with Gasteiger partial charge in [0.05, 0.1) is 20.3 Å². The summed E-state index contributed by atoms with van der Waals surface area (Å²) in [5.41, 5.74) is 1.30. The number of imidazole rings is 1. The van der Waals surface area contributed by atoms with E-state index < -0.39 is 0 Å². The highest BCUT2D eigenvalue weighted by molar-refractivity contribution is 5.92. The highest BCUT2D eigenvalue weighted by Crippen LogP contribution is 2.16. The lowest BCUT2D eigenvalue weighted by Gasteiger charge is -2.27. The summed E-state index contributed by atoms with van der Waals surface area (Å²) in [6, 6.07) is 9.41. The van der Waals surface area contributed by atoms with Crippen molar-refractivity contribution in [2.75, 3.05) is 38.3 Å². The van der Waals surface area contributed by atoms with E-state index in [1.165, 1.54) is 6.33 Å². The number of nitrogens with one attached hydrogen (secondary N) is 1. The molecule has 3 heterocycles. The number of methoxy groups -OCH3 is 1. The minimum atomic E-state index is -0.248. The van der Waals surface area contributed by atoms with Crippen LogP contribution in [0.3, 0.4) is 0 Å². The Labute approximate surface area is 168 Å². The molecule has 0 spiro atoms. The number of ether oxygens (including phenoxy) is 2. The maximum Gasteiger partial charge on any atom is 0.271 e. The fourth-order valence-electron chi connectivity index (χ4n) is 3.03. The van der Waals surface area contributed by atoms with Gasteiger partial charge in [0.2, 0.25) is 0 Å². The number of amides is 1. The molecule has 9 heteroatoms. The Morgan fingerprint density at radius 1 is 1.14 bits per heavy atom. The molecule has 3 aromatic rings. The molecule has 0 saturated carbocycles. The number of benzene rings is 1. The van der Waals surface area contributed by atoms with E-state index >= 15 is 0 Å². The molecule has 0 aliphatic carbocycles. The van der Waals surface area contributed by atoms with E-state index in [2.05, 4.69) is 25.2 Å². The summed E-state index contributed by atoms with van der Waals surface area (Å²) in [4.78, 5) is 27.4. The Hall–Kier alpha value is -3.46. The second-order valence-electron chi connectivity index (χ2n) is 6.53. The largest absolute Gasteiger partial charge is 0.497 e. The van der Waals surface area contributed by atoms with Crippen molar-refractivity contribution in [2.24, 2.45) is 0 Å². The predicted octanol–water partition coefficient (Wildman–Crippen LogP) is 1.44. The molecule has 150 valence electrons. The molecule has 1 fully saturated rings. The lowest BCUT2D eigenvalue weighted by atomic mass is 10.2. The molecule has 4 rings (SSSR count). The topological polar surface area (TPSA) is 94.4 Å². The first-order valence-corrected chi connectivity index (χ1v) is 9.33. The second-order valence-corrected chi connectivity index (χ2v) is 6.53. The van der Waals surface area contributed by atoms with E-state index in [1.54, 1.807) is 24.2 Å². The van der Waals surface area contributed by atoms with Crippen LogP contribution in [0.5, 0.6) is 5.75 Å². The molecule has 1 N–H and O–H groups in total. The Morgan fingerprint density at radius 2 is 1.90 bits per heavy atom. The Morgan fingerprint density at radius 3 is 2.66 bits per heavy atom. The molecule has 1 amide bonds. The van der Waals surface area contributed by atoms with Gasteiger partial charge in [-0.2, -0.15) is 0 Å². The Balaban J connectivity index is 1.41. The molecule has 0 bridgehead atoms. The van der Waals surface area contributed by atoms with Gasteiger partial charge < -0.3 is 19.7 Å². The van der Waals surface area contributed by atoms with Crippen molar-refractivity contribution in [2.45, 2.75) is 6.54 Å². The molecule has 1 saturated heterocycles. The highest BCUT2D eigenvalue weighted by Gasteiger charge is 2.15. The molecular weight excluding hydrogens is 372 g/mol. The SMILES string of the molecule is COc1ccc(CNC(=O)c2cn(-c3cc(N4CCOCC4)ncn3)cn2)cc1. The van der Waals surface area contributed by atoms with Crippen LogP contribution in [-0.2, 0) is 11.3 Å². The van der Waals surface area contributed by atoms with Gasteiger partial charge in [0.1, 0.15) is 35.7 Å². The molecule has 1 aliphatic rings. The number of aromatic nitrogens is 4. The summed E-state index contributed by atoms with van der Waals surface area (Å²) in [6.45, 7) is 3.36. The van der Waals surface area contributed by atoms with Gasteiger partial charge in [-0.25, -0.2) is 15.0 Å². The number of nitrogens with zero attached hydrogens (tertiary/aromatic N) is 5. The number of hydrogen-bond acceptors (Lipinski definition) is 7. The monoisotopic (exact) mass is 394 g/mol. The number of rotatable bonds is 6. The van der Waals surface area contributed by atoms with Crippen LogP contribution in [0.4, 0.5) is 5.82 Å². The first-order valence-electron chi connectivity index (χ1n) is 9.33. The summed E-state index contributed by atoms with van der Waals surface area (Å²) >= 11 is 0. The van der Waals surface area contributed by atoms with Crippen LogP contribution in [0.2, 0.25) is 0 Å². The van der Waals surface area contributed by atoms with Crippen molar-refractivity contribution >= 4 is 11.7 Å². The average Bonchev–Trinajstić information content (AvgIpc) is 3.29. The molecule has 0 atom stereocenters. The number of carbonyl (C=O) groups is 1. The highest BCUT2D eigenvalue weighted by atomic mass is 16.5. The molecule has 1 aromatic carbocycles. The standard InChI is InChI=1S/C20H22N6O3/c1-28-16-4-2-15(3-5-16)11-21-20(27)17-12-26(14-24-17)19-10-18(22-13-23-19)25-6-8-29-9-7-25/h2-5,10,12-14H,6-9,11H2,1H3,(H,21,27). The van der Waals surface area contributed by atoms with Crippen molar-refractivity contribution in [1.29, 1.82) is 0 Å². The van der Waals surface area contributed by atoms with Gasteiger partial charge in [0, 0.05) is 31.9 Å². The van der Waals surface area contributed by atoms with E-state index in [0.29, 0.717) is 31.3 Å². The van der Waals surface area contributed by atoms with E-state index in [-0.39, 0.29) is 5.91 Å². The number of carbonyl (C=O) groups excluding carboxylic acids is 1. The van der Waals surface area contributed by atoms with Gasteiger partial charge in [-0.1, -0.05) is 12.1 Å². The fraction of sp³-hybridized carbons (Fsp3) is 0.300. The molecule has 1 aliphatic heterocycles. The summed E-state index contributed by atoms with van der Waals surface area (Å²) in [6.07, 6.45) is 4.76. The van der Waals surface area contributed by atoms with Crippen molar-refractivity contribution < 1.29 is 14.3 Å². The van der Waals surface area contributed by atoms with Crippen LogP contribution in [0.15, 0.2) is 49.2 Å². The lowest BCUT2D eigenvalue weighted by Crippen LogP contribution is -2.36. The van der Waals surface area contributed by atoms with Crippen molar-refractivity contribution in [3.8, 4) is 11.6 Å². The van der Waals surface area contributed by atoms with Crippen molar-refractivity contribution in [3.05, 3.63) is 60.4 Å². The van der Waals surface area contributed by atoms with E-state index in [0.717, 1.165) is 30.2 Å². The zero-order valence-electron chi connectivity index (χ0n) is 16.1. The zero-order valence-corrected chi connectivity index (χ0v) is 16.1. The number of hydrogen-bond donors (Lipinski definition) is 1. The third-order valence-corrected chi connectivity index (χ3v) is 4.67. The first-order chi connectivity index (χ1) is 14.2. The van der Waals surface area contributed by atoms with Crippen LogP contribution in [0.25, 0.3) is 5.82 Å². The predicted molar refractivity (Wildman–Crippen MR) is 106 cm³/mol. The van der Waals surface area contributed by atoms with Gasteiger partial charge in [-0.05, 0) is 17.7 Å². The maximum absolute atomic E-state index is 12.4. The van der Waals surface area contributed by atoms with Crippen molar-refractivity contribution in [3.63, 3.8) is 0 Å². The molecule has 29 heavy (non-hydrogen) atoms.